The average Bonchev–Trinajstić information content (AvgIpc) is 2.89. The summed E-state index contributed by atoms with van der Waals surface area (Å²) >= 11 is 3.65. The van der Waals surface area contributed by atoms with Crippen molar-refractivity contribution in [3.8, 4) is 5.75 Å². The smallest absolute Gasteiger partial charge is 0.119 e. The molecule has 3 nitrogen and oxygen atoms in total. The van der Waals surface area contributed by atoms with Gasteiger partial charge in [-0.05, 0) is 43.1 Å². The van der Waals surface area contributed by atoms with Crippen molar-refractivity contribution in [1.29, 1.82) is 0 Å². The van der Waals surface area contributed by atoms with Gasteiger partial charge in [0.2, 0.25) is 0 Å². The predicted octanol–water partition coefficient (Wildman–Crippen LogP) is 2.74. The van der Waals surface area contributed by atoms with Gasteiger partial charge in [-0.2, -0.15) is 0 Å². The number of hydrogen-bond donors (Lipinski definition) is 0. The van der Waals surface area contributed by atoms with Gasteiger partial charge in [0.25, 0.3) is 0 Å². The van der Waals surface area contributed by atoms with Crippen molar-refractivity contribution in [3.63, 3.8) is 0 Å². The fourth-order valence-corrected chi connectivity index (χ4v) is 3.61. The molecule has 1 aromatic carbocycles. The van der Waals surface area contributed by atoms with E-state index in [1.807, 2.05) is 6.07 Å². The Hall–Kier alpha value is -0.580. The zero-order valence-electron chi connectivity index (χ0n) is 11.4. The fourth-order valence-electron chi connectivity index (χ4n) is 3.24. The van der Waals surface area contributed by atoms with Gasteiger partial charge >= 0.3 is 0 Å². The van der Waals surface area contributed by atoms with E-state index in [1.54, 1.807) is 7.11 Å². The molecule has 2 heterocycles. The molecule has 2 aliphatic rings. The summed E-state index contributed by atoms with van der Waals surface area (Å²) in [6.07, 6.45) is 2.75. The predicted molar refractivity (Wildman–Crippen MR) is 80.6 cm³/mol. The van der Waals surface area contributed by atoms with Gasteiger partial charge in [0, 0.05) is 36.7 Å². The Labute approximate surface area is 123 Å². The molecular weight excluding hydrogens is 304 g/mol. The van der Waals surface area contributed by atoms with Gasteiger partial charge in [0.15, 0.2) is 0 Å². The second kappa shape index (κ2) is 5.81. The van der Waals surface area contributed by atoms with Gasteiger partial charge in [-0.1, -0.05) is 15.9 Å². The van der Waals surface area contributed by atoms with Crippen LogP contribution in [-0.2, 0) is 6.54 Å². The van der Waals surface area contributed by atoms with Crippen LogP contribution >= 0.6 is 15.9 Å². The summed E-state index contributed by atoms with van der Waals surface area (Å²) in [5.41, 5.74) is 1.32. The first-order valence-corrected chi connectivity index (χ1v) is 7.84. The topological polar surface area (TPSA) is 15.7 Å². The summed E-state index contributed by atoms with van der Waals surface area (Å²) in [5.74, 6) is 0.942. The van der Waals surface area contributed by atoms with Crippen LogP contribution in [0.2, 0.25) is 0 Å². The summed E-state index contributed by atoms with van der Waals surface area (Å²) in [4.78, 5) is 5.23. The van der Waals surface area contributed by atoms with Crippen LogP contribution in [-0.4, -0.2) is 49.1 Å². The average molecular weight is 325 g/mol. The molecule has 3 rings (SSSR count). The third-order valence-corrected chi connectivity index (χ3v) is 5.09. The molecule has 0 radical (unpaired) electrons. The summed E-state index contributed by atoms with van der Waals surface area (Å²) in [6.45, 7) is 5.94. The minimum atomic E-state index is 0.790. The number of halogens is 1. The Morgan fingerprint density at radius 1 is 1.32 bits per heavy atom. The molecule has 19 heavy (non-hydrogen) atoms. The lowest BCUT2D eigenvalue weighted by Gasteiger charge is -2.37. The van der Waals surface area contributed by atoms with Crippen molar-refractivity contribution in [1.82, 2.24) is 9.80 Å². The Morgan fingerprint density at radius 2 is 2.21 bits per heavy atom. The second-order valence-electron chi connectivity index (χ2n) is 5.52. The molecule has 4 heteroatoms. The van der Waals surface area contributed by atoms with E-state index < -0.39 is 0 Å². The first kappa shape index (κ1) is 13.4. The van der Waals surface area contributed by atoms with Crippen LogP contribution in [0, 0.1) is 0 Å². The van der Waals surface area contributed by atoms with E-state index in [0.29, 0.717) is 0 Å². The third kappa shape index (κ3) is 2.96. The molecule has 104 valence electrons. The van der Waals surface area contributed by atoms with E-state index in [0.717, 1.165) is 18.3 Å². The Kier molecular flexibility index (Phi) is 4.10. The van der Waals surface area contributed by atoms with Crippen molar-refractivity contribution in [3.05, 3.63) is 28.2 Å². The van der Waals surface area contributed by atoms with Crippen LogP contribution < -0.4 is 4.74 Å². The number of fused-ring (bicyclic) bond motifs is 1. The molecule has 0 N–H and O–H groups in total. The highest BCUT2D eigenvalue weighted by atomic mass is 79.9. The normalized spacial score (nSPS) is 24.4. The molecule has 2 aliphatic heterocycles. The van der Waals surface area contributed by atoms with Crippen LogP contribution in [0.25, 0.3) is 0 Å². The molecule has 0 saturated carbocycles. The quantitative estimate of drug-likeness (QED) is 0.850. The molecule has 0 aliphatic carbocycles. The molecule has 1 aromatic rings. The highest BCUT2D eigenvalue weighted by Gasteiger charge is 2.30. The fraction of sp³-hybridized carbons (Fsp3) is 0.600. The number of piperazine rings is 1. The molecule has 0 amide bonds. The lowest BCUT2D eigenvalue weighted by atomic mass is 10.1. The first-order chi connectivity index (χ1) is 9.26. The minimum absolute atomic E-state index is 0.790. The molecule has 2 fully saturated rings. The van der Waals surface area contributed by atoms with Crippen LogP contribution in [0.15, 0.2) is 22.7 Å². The first-order valence-electron chi connectivity index (χ1n) is 7.05. The van der Waals surface area contributed by atoms with Gasteiger partial charge < -0.3 is 4.74 Å². The summed E-state index contributed by atoms with van der Waals surface area (Å²) in [5, 5.41) is 0. The van der Waals surface area contributed by atoms with Gasteiger partial charge in [-0.3, -0.25) is 9.80 Å². The molecule has 0 bridgehead atoms. The van der Waals surface area contributed by atoms with Crippen LogP contribution in [0.5, 0.6) is 5.75 Å². The number of ether oxygens (including phenoxy) is 1. The van der Waals surface area contributed by atoms with E-state index in [9.17, 15) is 0 Å². The Balaban J connectivity index is 1.68. The minimum Gasteiger partial charge on any atom is -0.497 e. The number of rotatable bonds is 3. The lowest BCUT2D eigenvalue weighted by molar-refractivity contribution is 0.0992. The van der Waals surface area contributed by atoms with Crippen molar-refractivity contribution < 1.29 is 4.74 Å². The number of methoxy groups -OCH3 is 1. The van der Waals surface area contributed by atoms with Gasteiger partial charge in [0.05, 0.1) is 7.11 Å². The largest absolute Gasteiger partial charge is 0.497 e. The van der Waals surface area contributed by atoms with E-state index >= 15 is 0 Å². The van der Waals surface area contributed by atoms with Crippen molar-refractivity contribution in [2.24, 2.45) is 0 Å². The lowest BCUT2D eigenvalue weighted by Crippen LogP contribution is -2.49. The SMILES string of the molecule is COc1ccc(Br)c(CN2CCN3CCCC3C2)c1. The molecule has 0 spiro atoms. The number of hydrogen-bond acceptors (Lipinski definition) is 3. The van der Waals surface area contributed by atoms with E-state index in [-0.39, 0.29) is 0 Å². The number of nitrogens with zero attached hydrogens (tertiary/aromatic N) is 2. The van der Waals surface area contributed by atoms with Gasteiger partial charge in [-0.15, -0.1) is 0 Å². The highest BCUT2D eigenvalue weighted by Crippen LogP contribution is 2.26. The van der Waals surface area contributed by atoms with Gasteiger partial charge in [0.1, 0.15) is 5.75 Å². The maximum absolute atomic E-state index is 5.32. The summed E-state index contributed by atoms with van der Waals surface area (Å²) in [6, 6.07) is 7.02. The van der Waals surface area contributed by atoms with Crippen LogP contribution in [0.1, 0.15) is 18.4 Å². The van der Waals surface area contributed by atoms with E-state index in [2.05, 4.69) is 37.9 Å². The number of benzene rings is 1. The molecule has 1 unspecified atom stereocenters. The highest BCUT2D eigenvalue weighted by molar-refractivity contribution is 9.10. The summed E-state index contributed by atoms with van der Waals surface area (Å²) in [7, 11) is 1.73. The van der Waals surface area contributed by atoms with Gasteiger partial charge in [-0.25, -0.2) is 0 Å². The maximum atomic E-state index is 5.32. The monoisotopic (exact) mass is 324 g/mol. The zero-order chi connectivity index (χ0) is 13.2. The van der Waals surface area contributed by atoms with E-state index in [4.69, 9.17) is 4.74 Å². The molecule has 1 atom stereocenters. The molecular formula is C15H21BrN2O. The van der Waals surface area contributed by atoms with Crippen LogP contribution in [0.4, 0.5) is 0 Å². The second-order valence-corrected chi connectivity index (χ2v) is 6.38. The Bertz CT molecular complexity index is 452. The third-order valence-electron chi connectivity index (χ3n) is 4.32. The van der Waals surface area contributed by atoms with Crippen molar-refractivity contribution in [2.45, 2.75) is 25.4 Å². The van der Waals surface area contributed by atoms with E-state index in [1.165, 1.54) is 49.1 Å². The molecule has 2 saturated heterocycles. The zero-order valence-corrected chi connectivity index (χ0v) is 13.0. The Morgan fingerprint density at radius 3 is 3.05 bits per heavy atom. The summed E-state index contributed by atoms with van der Waals surface area (Å²) < 4.78 is 6.50. The van der Waals surface area contributed by atoms with Crippen molar-refractivity contribution >= 4 is 15.9 Å². The standard InChI is InChI=1S/C15H21BrN2O/c1-19-14-4-5-15(16)12(9-14)10-17-7-8-18-6-2-3-13(18)11-17/h4-5,9,13H,2-3,6-8,10-11H2,1H3. The maximum Gasteiger partial charge on any atom is 0.119 e. The molecule has 0 aromatic heterocycles. The van der Waals surface area contributed by atoms with Crippen molar-refractivity contribution in [2.75, 3.05) is 33.3 Å². The van der Waals surface area contributed by atoms with Crippen LogP contribution in [0.3, 0.4) is 0 Å².